The predicted octanol–water partition coefficient (Wildman–Crippen LogP) is 4.43. The quantitative estimate of drug-likeness (QED) is 0.449. The minimum absolute atomic E-state index is 0.106. The number of H-pyrrole nitrogens is 1. The number of benzene rings is 3. The summed E-state index contributed by atoms with van der Waals surface area (Å²) in [6, 6.07) is 26.4. The molecule has 0 radical (unpaired) electrons. The second kappa shape index (κ2) is 7.65. The number of carbonyl (C=O) groups excluding carboxylic acids is 1. The molecule has 1 aliphatic heterocycles. The number of rotatable bonds is 4. The SMILES string of the molecule is NC(=O)[C@H]1Cc2c([nH]c3ccccc23)[C@H](c2ccc(C=Cc3ccccc3)cc2)N1. The molecule has 30 heavy (non-hydrogen) atoms. The molecular weight excluding hydrogens is 370 g/mol. The summed E-state index contributed by atoms with van der Waals surface area (Å²) in [6.07, 6.45) is 4.81. The van der Waals surface area contributed by atoms with E-state index in [0.717, 1.165) is 27.7 Å². The molecule has 4 aromatic rings. The highest BCUT2D eigenvalue weighted by Crippen LogP contribution is 2.35. The molecule has 4 heteroatoms. The Morgan fingerprint density at radius 3 is 2.27 bits per heavy atom. The van der Waals surface area contributed by atoms with Crippen LogP contribution >= 0.6 is 0 Å². The number of fused-ring (bicyclic) bond motifs is 3. The number of amides is 1. The number of aromatic nitrogens is 1. The lowest BCUT2D eigenvalue weighted by Gasteiger charge is -2.30. The van der Waals surface area contributed by atoms with Gasteiger partial charge in [-0.05, 0) is 34.7 Å². The predicted molar refractivity (Wildman–Crippen MR) is 122 cm³/mol. The third kappa shape index (κ3) is 3.42. The van der Waals surface area contributed by atoms with Crippen molar-refractivity contribution in [3.63, 3.8) is 0 Å². The monoisotopic (exact) mass is 393 g/mol. The van der Waals surface area contributed by atoms with E-state index in [1.54, 1.807) is 0 Å². The van der Waals surface area contributed by atoms with Gasteiger partial charge in [0.2, 0.25) is 5.91 Å². The molecule has 4 nitrogen and oxygen atoms in total. The van der Waals surface area contributed by atoms with Crippen LogP contribution in [0.3, 0.4) is 0 Å². The summed E-state index contributed by atoms with van der Waals surface area (Å²) >= 11 is 0. The van der Waals surface area contributed by atoms with Crippen LogP contribution in [0.25, 0.3) is 23.1 Å². The minimum atomic E-state index is -0.389. The second-order valence-electron chi connectivity index (χ2n) is 7.73. The van der Waals surface area contributed by atoms with Crippen molar-refractivity contribution in [1.82, 2.24) is 10.3 Å². The van der Waals surface area contributed by atoms with Crippen LogP contribution < -0.4 is 11.1 Å². The Kier molecular flexibility index (Phi) is 4.69. The number of hydrogen-bond acceptors (Lipinski definition) is 2. The van der Waals surface area contributed by atoms with Gasteiger partial charge in [0.15, 0.2) is 0 Å². The Hall–Kier alpha value is -3.63. The van der Waals surface area contributed by atoms with Gasteiger partial charge in [0, 0.05) is 16.6 Å². The van der Waals surface area contributed by atoms with Crippen molar-refractivity contribution in [3.05, 3.63) is 107 Å². The zero-order chi connectivity index (χ0) is 20.5. The normalized spacial score (nSPS) is 18.5. The number of nitrogens with one attached hydrogen (secondary N) is 2. The lowest BCUT2D eigenvalue weighted by atomic mass is 9.90. The summed E-state index contributed by atoms with van der Waals surface area (Å²) in [5, 5.41) is 4.60. The number of hydrogen-bond donors (Lipinski definition) is 3. The fourth-order valence-electron chi connectivity index (χ4n) is 4.24. The highest BCUT2D eigenvalue weighted by Gasteiger charge is 2.32. The van der Waals surface area contributed by atoms with Crippen molar-refractivity contribution in [3.8, 4) is 0 Å². The van der Waals surface area contributed by atoms with Gasteiger partial charge in [0.25, 0.3) is 0 Å². The first-order valence-corrected chi connectivity index (χ1v) is 10.2. The van der Waals surface area contributed by atoms with Gasteiger partial charge in [-0.3, -0.25) is 10.1 Å². The summed E-state index contributed by atoms with van der Waals surface area (Å²) < 4.78 is 0. The zero-order valence-electron chi connectivity index (χ0n) is 16.5. The molecule has 0 spiro atoms. The van der Waals surface area contributed by atoms with Crippen molar-refractivity contribution in [1.29, 1.82) is 0 Å². The van der Waals surface area contributed by atoms with Crippen LogP contribution in [0.5, 0.6) is 0 Å². The first-order valence-electron chi connectivity index (χ1n) is 10.2. The Labute approximate surface area is 175 Å². The van der Waals surface area contributed by atoms with E-state index in [0.29, 0.717) is 6.42 Å². The van der Waals surface area contributed by atoms with Gasteiger partial charge in [0.05, 0.1) is 12.1 Å². The van der Waals surface area contributed by atoms with Crippen LogP contribution in [0.2, 0.25) is 0 Å². The average molecular weight is 393 g/mol. The van der Waals surface area contributed by atoms with Crippen molar-refractivity contribution in [2.24, 2.45) is 5.73 Å². The van der Waals surface area contributed by atoms with Crippen LogP contribution in [0.15, 0.2) is 78.9 Å². The maximum Gasteiger partial charge on any atom is 0.234 e. The van der Waals surface area contributed by atoms with E-state index in [1.807, 2.05) is 30.3 Å². The molecule has 148 valence electrons. The largest absolute Gasteiger partial charge is 0.368 e. The van der Waals surface area contributed by atoms with Gasteiger partial charge in [-0.2, -0.15) is 0 Å². The molecule has 0 fully saturated rings. The Bertz CT molecular complexity index is 1220. The summed E-state index contributed by atoms with van der Waals surface area (Å²) in [4.78, 5) is 15.6. The van der Waals surface area contributed by atoms with Crippen molar-refractivity contribution >= 4 is 29.0 Å². The van der Waals surface area contributed by atoms with E-state index in [9.17, 15) is 4.79 Å². The van der Waals surface area contributed by atoms with Crippen molar-refractivity contribution in [2.75, 3.05) is 0 Å². The maximum atomic E-state index is 12.0. The van der Waals surface area contributed by atoms with Gasteiger partial charge < -0.3 is 10.7 Å². The third-order valence-electron chi connectivity index (χ3n) is 5.79. The minimum Gasteiger partial charge on any atom is -0.368 e. The molecule has 0 saturated heterocycles. The third-order valence-corrected chi connectivity index (χ3v) is 5.79. The molecule has 3 aromatic carbocycles. The van der Waals surface area contributed by atoms with Gasteiger partial charge >= 0.3 is 0 Å². The number of nitrogens with two attached hydrogens (primary N) is 1. The van der Waals surface area contributed by atoms with Crippen LogP contribution in [-0.4, -0.2) is 16.9 Å². The smallest absolute Gasteiger partial charge is 0.234 e. The topological polar surface area (TPSA) is 70.9 Å². The summed E-state index contributed by atoms with van der Waals surface area (Å²) in [5.41, 5.74) is 12.4. The Balaban J connectivity index is 1.49. The van der Waals surface area contributed by atoms with E-state index in [2.05, 4.69) is 71.0 Å². The van der Waals surface area contributed by atoms with Gasteiger partial charge in [-0.1, -0.05) is 84.9 Å². The van der Waals surface area contributed by atoms with Crippen molar-refractivity contribution in [2.45, 2.75) is 18.5 Å². The fraction of sp³-hybridized carbons (Fsp3) is 0.115. The molecule has 0 aliphatic carbocycles. The molecule has 2 atom stereocenters. The standard InChI is InChI=1S/C26H23N3O/c27-26(30)23-16-21-20-8-4-5-9-22(20)28-25(21)24(29-23)19-14-12-18(13-15-19)11-10-17-6-2-1-3-7-17/h1-15,23-24,28-29H,16H2,(H2,27,30)/t23-,24+/m1/s1. The van der Waals surface area contributed by atoms with Crippen molar-refractivity contribution < 1.29 is 4.79 Å². The molecule has 1 aliphatic rings. The van der Waals surface area contributed by atoms with E-state index in [1.165, 1.54) is 11.1 Å². The lowest BCUT2D eigenvalue weighted by Crippen LogP contribution is -2.48. The second-order valence-corrected chi connectivity index (χ2v) is 7.73. The number of primary amides is 1. The van der Waals surface area contributed by atoms with E-state index < -0.39 is 0 Å². The van der Waals surface area contributed by atoms with Crippen LogP contribution in [-0.2, 0) is 11.2 Å². The molecule has 1 aromatic heterocycles. The molecular formula is C26H23N3O. The molecule has 4 N–H and O–H groups in total. The number of aromatic amines is 1. The molecule has 5 rings (SSSR count). The average Bonchev–Trinajstić information content (AvgIpc) is 3.17. The summed E-state index contributed by atoms with van der Waals surface area (Å²) in [5.74, 6) is -0.321. The first kappa shape index (κ1) is 18.4. The van der Waals surface area contributed by atoms with Crippen LogP contribution in [0.1, 0.15) is 34.0 Å². The molecule has 0 bridgehead atoms. The molecule has 1 amide bonds. The molecule has 0 saturated carbocycles. The Morgan fingerprint density at radius 1 is 0.867 bits per heavy atom. The Morgan fingerprint density at radius 2 is 1.53 bits per heavy atom. The van der Waals surface area contributed by atoms with E-state index in [4.69, 9.17) is 5.73 Å². The zero-order valence-corrected chi connectivity index (χ0v) is 16.5. The number of carbonyl (C=O) groups is 1. The highest BCUT2D eigenvalue weighted by atomic mass is 16.1. The first-order chi connectivity index (χ1) is 14.7. The van der Waals surface area contributed by atoms with Gasteiger partial charge in [-0.25, -0.2) is 0 Å². The maximum absolute atomic E-state index is 12.0. The summed E-state index contributed by atoms with van der Waals surface area (Å²) in [6.45, 7) is 0. The van der Waals surface area contributed by atoms with E-state index in [-0.39, 0.29) is 18.0 Å². The van der Waals surface area contributed by atoms with Gasteiger partial charge in [-0.15, -0.1) is 0 Å². The highest BCUT2D eigenvalue weighted by molar-refractivity contribution is 5.88. The number of para-hydroxylation sites is 1. The van der Waals surface area contributed by atoms with E-state index >= 15 is 0 Å². The summed E-state index contributed by atoms with van der Waals surface area (Å²) in [7, 11) is 0. The molecule has 0 unspecified atom stereocenters. The fourth-order valence-corrected chi connectivity index (χ4v) is 4.24. The van der Waals surface area contributed by atoms with Crippen LogP contribution in [0.4, 0.5) is 0 Å². The van der Waals surface area contributed by atoms with Crippen LogP contribution in [0, 0.1) is 0 Å². The van der Waals surface area contributed by atoms with Gasteiger partial charge in [0.1, 0.15) is 0 Å². The lowest BCUT2D eigenvalue weighted by molar-refractivity contribution is -0.120. The molecule has 2 heterocycles.